The number of benzene rings is 2. The fourth-order valence-electron chi connectivity index (χ4n) is 3.73. The normalized spacial score (nSPS) is 18.6. The van der Waals surface area contributed by atoms with E-state index >= 15 is 0 Å². The number of barbiturate groups is 1. The number of halogens is 1. The van der Waals surface area contributed by atoms with Crippen molar-refractivity contribution < 1.29 is 14.4 Å². The van der Waals surface area contributed by atoms with Gasteiger partial charge in [0.1, 0.15) is 5.57 Å². The van der Waals surface area contributed by atoms with E-state index in [1.807, 2.05) is 25.1 Å². The van der Waals surface area contributed by atoms with Gasteiger partial charge in [-0.3, -0.25) is 14.9 Å². The Morgan fingerprint density at radius 1 is 1.00 bits per heavy atom. The van der Waals surface area contributed by atoms with Gasteiger partial charge in [-0.15, -0.1) is 0 Å². The number of nitrogens with zero attached hydrogens (tertiary/aromatic N) is 2. The van der Waals surface area contributed by atoms with Gasteiger partial charge < -0.3 is 4.90 Å². The van der Waals surface area contributed by atoms with Gasteiger partial charge in [0.2, 0.25) is 0 Å². The molecular formula is C22H20ClN3O3. The van der Waals surface area contributed by atoms with E-state index in [0.29, 0.717) is 10.7 Å². The Bertz CT molecular complexity index is 1020. The van der Waals surface area contributed by atoms with Crippen molar-refractivity contribution in [2.75, 3.05) is 22.9 Å². The van der Waals surface area contributed by atoms with Crippen LogP contribution in [0.4, 0.5) is 16.2 Å². The average molecular weight is 410 g/mol. The highest BCUT2D eigenvalue weighted by atomic mass is 35.5. The van der Waals surface area contributed by atoms with E-state index in [0.717, 1.165) is 29.1 Å². The Kier molecular flexibility index (Phi) is 5.11. The number of carbonyl (C=O) groups excluding carboxylic acids is 3. The number of imide groups is 2. The molecule has 2 aromatic carbocycles. The second-order valence-corrected chi connectivity index (χ2v) is 7.61. The van der Waals surface area contributed by atoms with Crippen LogP contribution in [0.2, 0.25) is 5.02 Å². The SMILES string of the molecule is Cc1cc(/C=C2\C(=O)NC(=O)N(c3ccc(Cl)cc3)C2=O)ccc1N1CCCC1. The molecule has 2 aliphatic heterocycles. The van der Waals surface area contributed by atoms with Gasteiger partial charge in [-0.2, -0.15) is 0 Å². The van der Waals surface area contributed by atoms with Crippen molar-refractivity contribution in [3.05, 3.63) is 64.2 Å². The van der Waals surface area contributed by atoms with Crippen LogP contribution in [0.3, 0.4) is 0 Å². The summed E-state index contributed by atoms with van der Waals surface area (Å²) in [6.45, 7) is 4.10. The molecule has 0 atom stereocenters. The van der Waals surface area contributed by atoms with E-state index in [9.17, 15) is 14.4 Å². The summed E-state index contributed by atoms with van der Waals surface area (Å²) in [4.78, 5) is 40.8. The van der Waals surface area contributed by atoms with Crippen molar-refractivity contribution in [3.8, 4) is 0 Å². The number of urea groups is 1. The van der Waals surface area contributed by atoms with Crippen molar-refractivity contribution in [1.82, 2.24) is 5.32 Å². The topological polar surface area (TPSA) is 69.7 Å². The summed E-state index contributed by atoms with van der Waals surface area (Å²) in [6, 6.07) is 11.3. The molecule has 7 heteroatoms. The molecule has 0 aliphatic carbocycles. The zero-order chi connectivity index (χ0) is 20.5. The third kappa shape index (κ3) is 3.76. The molecule has 2 saturated heterocycles. The van der Waals surface area contributed by atoms with Crippen molar-refractivity contribution in [3.63, 3.8) is 0 Å². The monoisotopic (exact) mass is 409 g/mol. The molecule has 1 N–H and O–H groups in total. The van der Waals surface area contributed by atoms with Gasteiger partial charge in [0.05, 0.1) is 5.69 Å². The predicted molar refractivity (Wildman–Crippen MR) is 113 cm³/mol. The van der Waals surface area contributed by atoms with Crippen LogP contribution in [0.25, 0.3) is 6.08 Å². The van der Waals surface area contributed by atoms with Crippen molar-refractivity contribution in [1.29, 1.82) is 0 Å². The number of hydrogen-bond donors (Lipinski definition) is 1. The van der Waals surface area contributed by atoms with E-state index in [2.05, 4.69) is 10.2 Å². The summed E-state index contributed by atoms with van der Waals surface area (Å²) in [7, 11) is 0. The molecule has 148 valence electrons. The van der Waals surface area contributed by atoms with Gasteiger partial charge in [-0.25, -0.2) is 9.69 Å². The summed E-state index contributed by atoms with van der Waals surface area (Å²) in [6.07, 6.45) is 3.90. The van der Waals surface area contributed by atoms with E-state index in [1.54, 1.807) is 24.3 Å². The third-order valence-corrected chi connectivity index (χ3v) is 5.42. The van der Waals surface area contributed by atoms with Gasteiger partial charge in [-0.1, -0.05) is 17.7 Å². The molecule has 0 aromatic heterocycles. The Labute approximate surface area is 173 Å². The van der Waals surface area contributed by atoms with Crippen molar-refractivity contribution >= 4 is 46.9 Å². The quantitative estimate of drug-likeness (QED) is 0.616. The van der Waals surface area contributed by atoms with Crippen LogP contribution < -0.4 is 15.1 Å². The molecule has 2 heterocycles. The molecule has 4 amide bonds. The summed E-state index contributed by atoms with van der Waals surface area (Å²) in [5.74, 6) is -1.37. The Balaban J connectivity index is 1.65. The first-order chi connectivity index (χ1) is 13.9. The van der Waals surface area contributed by atoms with Crippen molar-refractivity contribution in [2.45, 2.75) is 19.8 Å². The van der Waals surface area contributed by atoms with Crippen LogP contribution in [0, 0.1) is 6.92 Å². The Hall–Kier alpha value is -3.12. The summed E-state index contributed by atoms with van der Waals surface area (Å²) < 4.78 is 0. The lowest BCUT2D eigenvalue weighted by atomic mass is 10.0. The summed E-state index contributed by atoms with van der Waals surface area (Å²) in [5.41, 5.74) is 3.23. The van der Waals surface area contributed by atoms with Crippen LogP contribution >= 0.6 is 11.6 Å². The fraction of sp³-hybridized carbons (Fsp3) is 0.227. The second-order valence-electron chi connectivity index (χ2n) is 7.17. The van der Waals surface area contributed by atoms with Gasteiger partial charge in [0.15, 0.2) is 0 Å². The lowest BCUT2D eigenvalue weighted by Gasteiger charge is -2.26. The molecule has 2 aromatic rings. The standard InChI is InChI=1S/C22H20ClN3O3/c1-14-12-15(4-9-19(14)25-10-2-3-11-25)13-18-20(27)24-22(29)26(21(18)28)17-7-5-16(23)6-8-17/h4-9,12-13H,2-3,10-11H2,1H3,(H,24,27,29)/b18-13+. The molecule has 2 fully saturated rings. The number of aryl methyl sites for hydroxylation is 1. The molecule has 2 aliphatic rings. The van der Waals surface area contributed by atoms with Crippen LogP contribution in [0.1, 0.15) is 24.0 Å². The molecule has 29 heavy (non-hydrogen) atoms. The smallest absolute Gasteiger partial charge is 0.335 e. The van der Waals surface area contributed by atoms with Gasteiger partial charge in [0, 0.05) is 23.8 Å². The maximum Gasteiger partial charge on any atom is 0.335 e. The lowest BCUT2D eigenvalue weighted by Crippen LogP contribution is -2.54. The average Bonchev–Trinajstić information content (AvgIpc) is 3.21. The highest BCUT2D eigenvalue weighted by molar-refractivity contribution is 6.39. The maximum absolute atomic E-state index is 12.9. The number of carbonyl (C=O) groups is 3. The second kappa shape index (κ2) is 7.72. The first kappa shape index (κ1) is 19.2. The molecule has 0 bridgehead atoms. The zero-order valence-electron chi connectivity index (χ0n) is 15.9. The minimum Gasteiger partial charge on any atom is -0.371 e. The number of nitrogens with one attached hydrogen (secondary N) is 1. The first-order valence-electron chi connectivity index (χ1n) is 9.46. The molecule has 0 unspecified atom stereocenters. The molecular weight excluding hydrogens is 390 g/mol. The highest BCUT2D eigenvalue weighted by Crippen LogP contribution is 2.27. The fourth-order valence-corrected chi connectivity index (χ4v) is 3.86. The van der Waals surface area contributed by atoms with E-state index in [-0.39, 0.29) is 5.57 Å². The molecule has 4 rings (SSSR count). The third-order valence-electron chi connectivity index (χ3n) is 5.17. The van der Waals surface area contributed by atoms with Crippen LogP contribution in [-0.2, 0) is 9.59 Å². The summed E-state index contributed by atoms with van der Waals surface area (Å²) in [5, 5.41) is 2.72. The van der Waals surface area contributed by atoms with Gasteiger partial charge in [-0.05, 0) is 73.4 Å². The maximum atomic E-state index is 12.9. The van der Waals surface area contributed by atoms with E-state index < -0.39 is 17.8 Å². The number of amides is 4. The van der Waals surface area contributed by atoms with Crippen LogP contribution in [0.5, 0.6) is 0 Å². The highest BCUT2D eigenvalue weighted by Gasteiger charge is 2.36. The van der Waals surface area contributed by atoms with Crippen LogP contribution in [0.15, 0.2) is 48.0 Å². The van der Waals surface area contributed by atoms with Gasteiger partial charge >= 0.3 is 6.03 Å². The number of hydrogen-bond acceptors (Lipinski definition) is 4. The number of rotatable bonds is 3. The molecule has 0 saturated carbocycles. The van der Waals surface area contributed by atoms with Gasteiger partial charge in [0.25, 0.3) is 11.8 Å². The number of anilines is 2. The van der Waals surface area contributed by atoms with Crippen molar-refractivity contribution in [2.24, 2.45) is 0 Å². The molecule has 0 spiro atoms. The first-order valence-corrected chi connectivity index (χ1v) is 9.84. The minimum absolute atomic E-state index is 0.0899. The summed E-state index contributed by atoms with van der Waals surface area (Å²) >= 11 is 5.88. The largest absolute Gasteiger partial charge is 0.371 e. The van der Waals surface area contributed by atoms with Crippen LogP contribution in [-0.4, -0.2) is 30.9 Å². The Morgan fingerprint density at radius 3 is 2.34 bits per heavy atom. The van der Waals surface area contributed by atoms with E-state index in [1.165, 1.54) is 24.6 Å². The lowest BCUT2D eigenvalue weighted by molar-refractivity contribution is -0.122. The zero-order valence-corrected chi connectivity index (χ0v) is 16.7. The minimum atomic E-state index is -0.778. The predicted octanol–water partition coefficient (Wildman–Crippen LogP) is 3.92. The molecule has 6 nitrogen and oxygen atoms in total. The molecule has 0 radical (unpaired) electrons. The van der Waals surface area contributed by atoms with E-state index in [4.69, 9.17) is 11.6 Å². The Morgan fingerprint density at radius 2 is 1.69 bits per heavy atom.